The molecule has 2 aromatic carbocycles. The molecular weight excluding hydrogens is 590 g/mol. The van der Waals surface area contributed by atoms with E-state index < -0.39 is 65.5 Å². The van der Waals surface area contributed by atoms with Crippen LogP contribution in [0.2, 0.25) is 0 Å². The molecule has 3 saturated heterocycles. The smallest absolute Gasteiger partial charge is 0.408 e. The lowest BCUT2D eigenvalue weighted by Gasteiger charge is -2.57. The van der Waals surface area contributed by atoms with E-state index in [4.69, 9.17) is 10.5 Å². The van der Waals surface area contributed by atoms with Crippen molar-refractivity contribution in [2.24, 2.45) is 11.7 Å². The van der Waals surface area contributed by atoms with Gasteiger partial charge in [-0.3, -0.25) is 24.1 Å². The average molecular weight is 634 g/mol. The molecule has 5 rings (SSSR count). The number of nitrogens with two attached hydrogens (primary N) is 1. The van der Waals surface area contributed by atoms with Crippen LogP contribution in [0.5, 0.6) is 0 Å². The van der Waals surface area contributed by atoms with Crippen LogP contribution in [0, 0.1) is 5.92 Å². The Balaban J connectivity index is 1.36. The van der Waals surface area contributed by atoms with E-state index in [0.29, 0.717) is 25.7 Å². The number of carbonyl (C=O) groups excluding carboxylic acids is 5. The van der Waals surface area contributed by atoms with Gasteiger partial charge in [-0.25, -0.2) is 4.79 Å². The predicted molar refractivity (Wildman–Crippen MR) is 167 cm³/mol. The molecule has 1 spiro atoms. The average Bonchev–Trinajstić information content (AvgIpc) is 3.74. The maximum Gasteiger partial charge on any atom is 0.408 e. The Morgan fingerprint density at radius 2 is 1.63 bits per heavy atom. The highest BCUT2D eigenvalue weighted by Crippen LogP contribution is 2.53. The fourth-order valence-electron chi connectivity index (χ4n) is 6.90. The Kier molecular flexibility index (Phi) is 9.78. The van der Waals surface area contributed by atoms with Crippen LogP contribution in [0.15, 0.2) is 60.7 Å². The number of hydrogen-bond donors (Lipinski definition) is 3. The molecule has 3 aliphatic rings. The van der Waals surface area contributed by atoms with Gasteiger partial charge in [0.25, 0.3) is 5.91 Å². The maximum atomic E-state index is 14.4. The molecule has 0 radical (unpaired) electrons. The van der Waals surface area contributed by atoms with E-state index in [2.05, 4.69) is 5.32 Å². The van der Waals surface area contributed by atoms with Crippen LogP contribution in [-0.4, -0.2) is 92.4 Å². The second kappa shape index (κ2) is 13.6. The molecule has 3 aliphatic heterocycles. The lowest BCUT2D eigenvalue weighted by atomic mass is 9.72. The number of likely N-dealkylation sites (tertiary alicyclic amines) is 3. The monoisotopic (exact) mass is 633 g/mol. The minimum absolute atomic E-state index is 0.0204. The number of aliphatic hydroxyl groups is 1. The zero-order valence-electron chi connectivity index (χ0n) is 26.5. The summed E-state index contributed by atoms with van der Waals surface area (Å²) in [6.45, 7) is 5.52. The van der Waals surface area contributed by atoms with Gasteiger partial charge >= 0.3 is 6.09 Å². The van der Waals surface area contributed by atoms with Gasteiger partial charge in [0.15, 0.2) is 0 Å². The van der Waals surface area contributed by atoms with Crippen LogP contribution >= 0.6 is 0 Å². The number of imide groups is 1. The van der Waals surface area contributed by atoms with Gasteiger partial charge in [-0.1, -0.05) is 74.5 Å². The molecule has 5 amide bonds. The summed E-state index contributed by atoms with van der Waals surface area (Å²) in [5.41, 5.74) is 6.41. The van der Waals surface area contributed by atoms with Gasteiger partial charge in [0.1, 0.15) is 24.2 Å². The van der Waals surface area contributed by atoms with Crippen molar-refractivity contribution in [2.75, 3.05) is 13.1 Å². The Hall–Kier alpha value is -4.29. The minimum atomic E-state index is -1.35. The van der Waals surface area contributed by atoms with Crippen molar-refractivity contribution in [2.45, 2.75) is 88.9 Å². The number of rotatable bonds is 9. The Labute approximate surface area is 268 Å². The first-order valence-electron chi connectivity index (χ1n) is 15.9. The normalized spacial score (nSPS) is 24.5. The molecule has 4 N–H and O–H groups in total. The van der Waals surface area contributed by atoms with Crippen molar-refractivity contribution < 1.29 is 33.8 Å². The maximum absolute atomic E-state index is 14.4. The number of ether oxygens (including phenoxy) is 1. The van der Waals surface area contributed by atoms with E-state index in [1.807, 2.05) is 62.4 Å². The van der Waals surface area contributed by atoms with Gasteiger partial charge < -0.3 is 30.7 Å². The molecular formula is C34H43N5O7. The Morgan fingerprint density at radius 3 is 2.26 bits per heavy atom. The van der Waals surface area contributed by atoms with E-state index in [0.717, 1.165) is 11.1 Å². The number of alkyl carbamates (subject to hydrolysis) is 1. The van der Waals surface area contributed by atoms with Gasteiger partial charge in [-0.05, 0) is 49.7 Å². The second-order valence-electron chi connectivity index (χ2n) is 12.7. The van der Waals surface area contributed by atoms with Gasteiger partial charge in [0.05, 0.1) is 18.2 Å². The fraction of sp³-hybridized carbons (Fsp3) is 0.500. The number of hydrogen-bond acceptors (Lipinski definition) is 8. The first-order chi connectivity index (χ1) is 22.0. The van der Waals surface area contributed by atoms with E-state index >= 15 is 0 Å². The summed E-state index contributed by atoms with van der Waals surface area (Å²) in [7, 11) is 0. The molecule has 0 aliphatic carbocycles. The van der Waals surface area contributed by atoms with Gasteiger partial charge in [0.2, 0.25) is 17.7 Å². The highest BCUT2D eigenvalue weighted by atomic mass is 16.5. The molecule has 12 heteroatoms. The number of carbonyl (C=O) groups is 5. The lowest BCUT2D eigenvalue weighted by molar-refractivity contribution is -0.187. The number of amides is 5. The van der Waals surface area contributed by atoms with Crippen molar-refractivity contribution in [1.82, 2.24) is 20.0 Å². The van der Waals surface area contributed by atoms with E-state index in [1.54, 1.807) is 17.0 Å². The molecule has 3 heterocycles. The number of nitrogens with zero attached hydrogens (tertiary/aromatic N) is 3. The van der Waals surface area contributed by atoms with Crippen LogP contribution in [-0.2, 0) is 30.5 Å². The van der Waals surface area contributed by atoms with Crippen LogP contribution in [0.4, 0.5) is 4.79 Å². The van der Waals surface area contributed by atoms with Crippen LogP contribution in [0.3, 0.4) is 0 Å². The van der Waals surface area contributed by atoms with Crippen LogP contribution < -0.4 is 11.1 Å². The lowest BCUT2D eigenvalue weighted by Crippen LogP contribution is -2.77. The standard InChI is InChI=1S/C34H43N5O7/c1-21(2)26(35)30(42)39-28(24-14-8-5-9-15-24)34(32(39)44)17-11-19-38(34)29(41)25-16-10-18-37(25)31(43)27(22(3)40)36-33(45)46-20-23-12-6-4-7-13-23/h4-9,12-15,21-22,25-28,40H,10-11,16-20,35H2,1-3H3,(H,36,45). The molecule has 2 aromatic rings. The molecule has 0 aromatic heterocycles. The number of nitrogens with one attached hydrogen (secondary N) is 1. The van der Waals surface area contributed by atoms with Gasteiger partial charge in [-0.15, -0.1) is 0 Å². The molecule has 6 unspecified atom stereocenters. The molecule has 12 nitrogen and oxygen atoms in total. The molecule has 0 bridgehead atoms. The van der Waals surface area contributed by atoms with E-state index in [-0.39, 0.29) is 25.6 Å². The van der Waals surface area contributed by atoms with Gasteiger partial charge in [0, 0.05) is 13.1 Å². The van der Waals surface area contributed by atoms with Crippen molar-refractivity contribution in [3.8, 4) is 0 Å². The Bertz CT molecular complexity index is 1450. The quantitative estimate of drug-likeness (QED) is 0.354. The molecule has 0 saturated carbocycles. The SMILES string of the molecule is CC(C)C(N)C(=O)N1C(=O)C2(CCCN2C(=O)C2CCCN2C(=O)C(NC(=O)OCc2ccccc2)C(C)O)C1c1ccccc1. The minimum Gasteiger partial charge on any atom is -0.445 e. The zero-order chi connectivity index (χ0) is 33.2. The van der Waals surface area contributed by atoms with Crippen molar-refractivity contribution in [3.05, 3.63) is 71.8 Å². The van der Waals surface area contributed by atoms with Crippen molar-refractivity contribution in [1.29, 1.82) is 0 Å². The first kappa shape index (κ1) is 33.1. The third kappa shape index (κ3) is 5.99. The predicted octanol–water partition coefficient (Wildman–Crippen LogP) is 2.11. The zero-order valence-corrected chi connectivity index (χ0v) is 26.5. The number of benzene rings is 2. The first-order valence-corrected chi connectivity index (χ1v) is 15.9. The highest BCUT2D eigenvalue weighted by Gasteiger charge is 2.69. The summed E-state index contributed by atoms with van der Waals surface area (Å²) in [6.07, 6.45) is -0.357. The summed E-state index contributed by atoms with van der Waals surface area (Å²) in [4.78, 5) is 72.4. The summed E-state index contributed by atoms with van der Waals surface area (Å²) in [5.74, 6) is -2.15. The molecule has 3 fully saturated rings. The number of β-lactam (4-membered cyclic amide) rings is 1. The van der Waals surface area contributed by atoms with Crippen molar-refractivity contribution >= 4 is 29.7 Å². The summed E-state index contributed by atoms with van der Waals surface area (Å²) in [5, 5.41) is 13.0. The highest BCUT2D eigenvalue weighted by molar-refractivity contribution is 6.10. The Morgan fingerprint density at radius 1 is 0.978 bits per heavy atom. The van der Waals surface area contributed by atoms with Crippen LogP contribution in [0.25, 0.3) is 0 Å². The van der Waals surface area contributed by atoms with Crippen molar-refractivity contribution in [3.63, 3.8) is 0 Å². The molecule has 6 atom stereocenters. The fourth-order valence-corrected chi connectivity index (χ4v) is 6.90. The third-order valence-corrected chi connectivity index (χ3v) is 9.40. The van der Waals surface area contributed by atoms with E-state index in [1.165, 1.54) is 16.7 Å². The topological polar surface area (TPSA) is 163 Å². The molecule has 46 heavy (non-hydrogen) atoms. The number of aliphatic hydroxyl groups excluding tert-OH is 1. The van der Waals surface area contributed by atoms with Crippen LogP contribution in [0.1, 0.15) is 63.6 Å². The van der Waals surface area contributed by atoms with E-state index in [9.17, 15) is 29.1 Å². The second-order valence-corrected chi connectivity index (χ2v) is 12.7. The molecule has 246 valence electrons. The largest absolute Gasteiger partial charge is 0.445 e. The summed E-state index contributed by atoms with van der Waals surface area (Å²) < 4.78 is 5.27. The third-order valence-electron chi connectivity index (χ3n) is 9.40. The van der Waals surface area contributed by atoms with Gasteiger partial charge in [-0.2, -0.15) is 0 Å². The summed E-state index contributed by atoms with van der Waals surface area (Å²) >= 11 is 0. The summed E-state index contributed by atoms with van der Waals surface area (Å²) in [6, 6.07) is 14.3.